The van der Waals surface area contributed by atoms with Gasteiger partial charge in [-0.3, -0.25) is 4.79 Å². The second-order valence-corrected chi connectivity index (χ2v) is 8.23. The molecule has 1 heterocycles. The number of hydrogen-bond acceptors (Lipinski definition) is 5. The number of ketones is 1. The molecule has 1 aromatic heterocycles. The Bertz CT molecular complexity index is 1210. The van der Waals surface area contributed by atoms with Gasteiger partial charge in [0.2, 0.25) is 15.8 Å². The second-order valence-electron chi connectivity index (χ2n) is 6.67. The fraction of sp³-hybridized carbons (Fsp3) is 0.143. The minimum absolute atomic E-state index is 0.0160. The average Bonchev–Trinajstić information content (AvgIpc) is 3.00. The highest BCUT2D eigenvalue weighted by molar-refractivity contribution is 7.89. The summed E-state index contributed by atoms with van der Waals surface area (Å²) in [6.45, 7) is 3.06. The number of aryl methyl sites for hydroxylation is 1. The zero-order chi connectivity index (χ0) is 22.1. The molecule has 3 rings (SSSR count). The van der Waals surface area contributed by atoms with Gasteiger partial charge in [0.05, 0.1) is 10.5 Å². The van der Waals surface area contributed by atoms with E-state index in [1.54, 1.807) is 36.6 Å². The van der Waals surface area contributed by atoms with E-state index < -0.39 is 34.2 Å². The molecule has 0 fully saturated rings. The van der Waals surface area contributed by atoms with Crippen LogP contribution in [0, 0.1) is 19.7 Å². The van der Waals surface area contributed by atoms with Gasteiger partial charge in [0.1, 0.15) is 5.82 Å². The van der Waals surface area contributed by atoms with Crippen LogP contribution in [-0.2, 0) is 14.8 Å². The monoisotopic (exact) mass is 430 g/mol. The van der Waals surface area contributed by atoms with Gasteiger partial charge in [-0.05, 0) is 68.4 Å². The molecule has 0 saturated heterocycles. The summed E-state index contributed by atoms with van der Waals surface area (Å²) in [5.41, 5.74) is 2.52. The maximum Gasteiger partial charge on any atom is 0.338 e. The van der Waals surface area contributed by atoms with E-state index in [2.05, 4.69) is 0 Å². The summed E-state index contributed by atoms with van der Waals surface area (Å²) in [5, 5.41) is 5.12. The van der Waals surface area contributed by atoms with Crippen molar-refractivity contribution in [1.82, 2.24) is 4.57 Å². The van der Waals surface area contributed by atoms with Gasteiger partial charge in [-0.2, -0.15) is 0 Å². The van der Waals surface area contributed by atoms with Crippen molar-refractivity contribution in [3.05, 3.63) is 82.9 Å². The normalized spacial score (nSPS) is 11.3. The summed E-state index contributed by atoms with van der Waals surface area (Å²) < 4.78 is 42.6. The van der Waals surface area contributed by atoms with Gasteiger partial charge >= 0.3 is 5.97 Å². The van der Waals surface area contributed by atoms with Crippen LogP contribution in [0.5, 0.6) is 0 Å². The molecule has 0 aliphatic heterocycles. The molecule has 30 heavy (non-hydrogen) atoms. The molecule has 2 N–H and O–H groups in total. The molecule has 0 spiro atoms. The topological polar surface area (TPSA) is 108 Å². The average molecular weight is 430 g/mol. The molecular weight excluding hydrogens is 411 g/mol. The molecule has 0 radical (unpaired) electrons. The Kier molecular flexibility index (Phi) is 5.86. The number of carbonyl (C=O) groups excluding carboxylic acids is 2. The molecule has 3 aromatic rings. The molecule has 0 aliphatic rings. The quantitative estimate of drug-likeness (QED) is 0.478. The van der Waals surface area contributed by atoms with Crippen molar-refractivity contribution in [2.75, 3.05) is 6.61 Å². The van der Waals surface area contributed by atoms with Crippen LogP contribution in [0.15, 0.2) is 59.5 Å². The number of sulfonamides is 1. The van der Waals surface area contributed by atoms with Crippen molar-refractivity contribution in [2.24, 2.45) is 5.14 Å². The van der Waals surface area contributed by atoms with Crippen LogP contribution in [-0.4, -0.2) is 31.3 Å². The lowest BCUT2D eigenvalue weighted by molar-refractivity contribution is 0.0474. The zero-order valence-corrected chi connectivity index (χ0v) is 17.1. The molecule has 0 bridgehead atoms. The first-order valence-corrected chi connectivity index (χ1v) is 10.4. The van der Waals surface area contributed by atoms with E-state index >= 15 is 0 Å². The minimum atomic E-state index is -3.80. The second kappa shape index (κ2) is 8.21. The Balaban J connectivity index is 1.78. The van der Waals surface area contributed by atoms with Crippen LogP contribution < -0.4 is 5.14 Å². The first kappa shape index (κ1) is 21.4. The molecule has 2 aromatic carbocycles. The van der Waals surface area contributed by atoms with Crippen molar-refractivity contribution in [2.45, 2.75) is 18.7 Å². The fourth-order valence-corrected chi connectivity index (χ4v) is 3.62. The molecule has 0 unspecified atom stereocenters. The van der Waals surface area contributed by atoms with E-state index in [0.29, 0.717) is 16.9 Å². The number of halogens is 1. The summed E-state index contributed by atoms with van der Waals surface area (Å²) in [5.74, 6) is -1.60. The van der Waals surface area contributed by atoms with E-state index in [4.69, 9.17) is 9.88 Å². The predicted octanol–water partition coefficient (Wildman–Crippen LogP) is 2.92. The lowest BCUT2D eigenvalue weighted by atomic mass is 10.1. The number of nitrogens with two attached hydrogens (primary N) is 1. The lowest BCUT2D eigenvalue weighted by Crippen LogP contribution is -2.15. The summed E-state index contributed by atoms with van der Waals surface area (Å²) in [7, 11) is -3.80. The zero-order valence-electron chi connectivity index (χ0n) is 16.3. The van der Waals surface area contributed by atoms with Crippen LogP contribution in [0.1, 0.15) is 32.1 Å². The highest BCUT2D eigenvalue weighted by Gasteiger charge is 2.19. The third-order valence-electron chi connectivity index (χ3n) is 4.57. The van der Waals surface area contributed by atoms with Crippen LogP contribution in [0.3, 0.4) is 0 Å². The van der Waals surface area contributed by atoms with E-state index in [1.807, 2.05) is 0 Å². The predicted molar refractivity (Wildman–Crippen MR) is 108 cm³/mol. The van der Waals surface area contributed by atoms with Gasteiger partial charge in [-0.1, -0.05) is 0 Å². The fourth-order valence-electron chi connectivity index (χ4n) is 3.11. The molecule has 0 saturated carbocycles. The summed E-state index contributed by atoms with van der Waals surface area (Å²) in [6, 6.07) is 12.4. The number of esters is 1. The van der Waals surface area contributed by atoms with Gasteiger partial charge in [0.25, 0.3) is 0 Å². The number of benzene rings is 2. The molecule has 156 valence electrons. The summed E-state index contributed by atoms with van der Waals surface area (Å²) in [6.07, 6.45) is 0. The van der Waals surface area contributed by atoms with Crippen molar-refractivity contribution in [1.29, 1.82) is 0 Å². The molecule has 0 atom stereocenters. The smallest absolute Gasteiger partial charge is 0.338 e. The van der Waals surface area contributed by atoms with E-state index in [-0.39, 0.29) is 10.5 Å². The Hall–Kier alpha value is -3.30. The first-order valence-electron chi connectivity index (χ1n) is 8.86. The molecule has 9 heteroatoms. The Morgan fingerprint density at radius 2 is 1.63 bits per heavy atom. The largest absolute Gasteiger partial charge is 0.454 e. The van der Waals surface area contributed by atoms with E-state index in [0.717, 1.165) is 17.8 Å². The number of nitrogens with zero attached hydrogens (tertiary/aromatic N) is 1. The Labute approximate surface area is 172 Å². The molecule has 0 aliphatic carbocycles. The van der Waals surface area contributed by atoms with Gasteiger partial charge in [-0.15, -0.1) is 0 Å². The third kappa shape index (κ3) is 4.47. The summed E-state index contributed by atoms with van der Waals surface area (Å²) >= 11 is 0. The van der Waals surface area contributed by atoms with E-state index in [1.165, 1.54) is 24.3 Å². The van der Waals surface area contributed by atoms with Crippen molar-refractivity contribution < 1.29 is 27.1 Å². The lowest BCUT2D eigenvalue weighted by Gasteiger charge is -2.10. The maximum absolute atomic E-state index is 12.9. The number of Topliss-reactive ketones (excluding diaryl/α,β-unsaturated/α-hetero) is 1. The highest BCUT2D eigenvalue weighted by atomic mass is 32.2. The van der Waals surface area contributed by atoms with Gasteiger partial charge < -0.3 is 9.30 Å². The number of ether oxygens (including phenoxy) is 1. The van der Waals surface area contributed by atoms with Crippen LogP contribution in [0.4, 0.5) is 4.39 Å². The van der Waals surface area contributed by atoms with E-state index in [9.17, 15) is 22.4 Å². The maximum atomic E-state index is 12.9. The molecular formula is C21H19FN2O5S. The number of carbonyl (C=O) groups is 2. The standard InChI is InChI=1S/C21H19FN2O5S/c1-13-11-19(20(25)12-29-21(26)15-3-5-16(22)6-4-15)14(2)24(13)17-7-9-18(10-8-17)30(23,27)28/h3-11H,12H2,1-2H3,(H2,23,27,28). The van der Waals surface area contributed by atoms with Gasteiger partial charge in [-0.25, -0.2) is 22.7 Å². The SMILES string of the molecule is Cc1cc(C(=O)COC(=O)c2ccc(F)cc2)c(C)n1-c1ccc(S(N)(=O)=O)cc1. The molecule has 7 nitrogen and oxygen atoms in total. The number of hydrogen-bond donors (Lipinski definition) is 1. The van der Waals surface area contributed by atoms with Crippen LogP contribution in [0.2, 0.25) is 0 Å². The summed E-state index contributed by atoms with van der Waals surface area (Å²) in [4.78, 5) is 24.6. The Morgan fingerprint density at radius 1 is 1.03 bits per heavy atom. The van der Waals surface area contributed by atoms with Gasteiger partial charge in [0.15, 0.2) is 6.61 Å². The number of rotatable bonds is 6. The third-order valence-corrected chi connectivity index (χ3v) is 5.50. The van der Waals surface area contributed by atoms with Crippen LogP contribution in [0.25, 0.3) is 5.69 Å². The molecule has 0 amide bonds. The van der Waals surface area contributed by atoms with Gasteiger partial charge in [0, 0.05) is 22.6 Å². The Morgan fingerprint density at radius 3 is 2.20 bits per heavy atom. The highest BCUT2D eigenvalue weighted by Crippen LogP contribution is 2.22. The van der Waals surface area contributed by atoms with Crippen molar-refractivity contribution in [3.8, 4) is 5.69 Å². The van der Waals surface area contributed by atoms with Crippen molar-refractivity contribution >= 4 is 21.8 Å². The van der Waals surface area contributed by atoms with Crippen molar-refractivity contribution in [3.63, 3.8) is 0 Å². The number of aromatic nitrogens is 1. The number of primary sulfonamides is 1. The van der Waals surface area contributed by atoms with Crippen LogP contribution >= 0.6 is 0 Å². The minimum Gasteiger partial charge on any atom is -0.454 e. The first-order chi connectivity index (χ1) is 14.1.